The van der Waals surface area contributed by atoms with Crippen molar-refractivity contribution < 1.29 is 9.53 Å². The molecule has 0 aliphatic carbocycles. The number of esters is 1. The van der Waals surface area contributed by atoms with E-state index in [1.165, 1.54) is 24.8 Å². The molecule has 0 radical (unpaired) electrons. The maximum atomic E-state index is 11.3. The average Bonchev–Trinajstić information content (AvgIpc) is 2.83. The lowest BCUT2D eigenvalue weighted by Gasteiger charge is -2.00. The van der Waals surface area contributed by atoms with Gasteiger partial charge < -0.3 is 10.5 Å². The third-order valence-corrected chi connectivity index (χ3v) is 2.95. The van der Waals surface area contributed by atoms with E-state index in [0.29, 0.717) is 5.13 Å². The summed E-state index contributed by atoms with van der Waals surface area (Å²) in [6.07, 6.45) is 1.46. The fourth-order valence-electron chi connectivity index (χ4n) is 1.22. The van der Waals surface area contributed by atoms with Crippen LogP contribution in [0.25, 0.3) is 5.13 Å². The topological polar surface area (TPSA) is 83.0 Å². The Bertz CT molecular complexity index is 531. The second-order valence-corrected chi connectivity index (χ2v) is 3.95. The normalized spacial score (nSPS) is 10.4. The molecule has 0 aliphatic rings. The standard InChI is InChI=1S/C9H10N4O2S/c1-5-3-16-9(12-5)13-4-11-6(7(13)10)8(14)15-2/h3-4H,10H2,1-2H3. The van der Waals surface area contributed by atoms with E-state index in [1.54, 1.807) is 4.57 Å². The summed E-state index contributed by atoms with van der Waals surface area (Å²) in [5.74, 6) is -0.314. The van der Waals surface area contributed by atoms with E-state index in [9.17, 15) is 4.79 Å². The van der Waals surface area contributed by atoms with Gasteiger partial charge in [-0.3, -0.25) is 4.57 Å². The van der Waals surface area contributed by atoms with Crippen molar-refractivity contribution in [2.45, 2.75) is 6.92 Å². The quantitative estimate of drug-likeness (QED) is 0.789. The van der Waals surface area contributed by atoms with E-state index in [4.69, 9.17) is 5.73 Å². The molecule has 0 bridgehead atoms. The second kappa shape index (κ2) is 3.93. The van der Waals surface area contributed by atoms with Crippen LogP contribution in [0.3, 0.4) is 0 Å². The van der Waals surface area contributed by atoms with E-state index in [2.05, 4.69) is 14.7 Å². The number of aryl methyl sites for hydroxylation is 1. The molecule has 2 rings (SSSR count). The number of nitrogen functional groups attached to an aromatic ring is 1. The molecule has 2 heterocycles. The molecule has 0 saturated heterocycles. The van der Waals surface area contributed by atoms with Gasteiger partial charge in [0.25, 0.3) is 0 Å². The van der Waals surface area contributed by atoms with Crippen LogP contribution in [0.2, 0.25) is 0 Å². The number of rotatable bonds is 2. The first-order chi connectivity index (χ1) is 7.63. The van der Waals surface area contributed by atoms with Crippen LogP contribution in [0.5, 0.6) is 0 Å². The van der Waals surface area contributed by atoms with Crippen molar-refractivity contribution in [3.8, 4) is 5.13 Å². The predicted octanol–water partition coefficient (Wildman–Crippen LogP) is 1.01. The van der Waals surface area contributed by atoms with Gasteiger partial charge in [0.2, 0.25) is 0 Å². The molecule has 0 atom stereocenters. The Labute approximate surface area is 95.7 Å². The number of carbonyl (C=O) groups excluding carboxylic acids is 1. The van der Waals surface area contributed by atoms with Crippen molar-refractivity contribution in [3.05, 3.63) is 23.1 Å². The van der Waals surface area contributed by atoms with Crippen molar-refractivity contribution in [1.29, 1.82) is 0 Å². The molecular formula is C9H10N4O2S. The molecule has 0 unspecified atom stereocenters. The number of methoxy groups -OCH3 is 1. The highest BCUT2D eigenvalue weighted by Crippen LogP contribution is 2.20. The molecule has 0 aliphatic heterocycles. The van der Waals surface area contributed by atoms with Crippen LogP contribution < -0.4 is 5.73 Å². The fraction of sp³-hybridized carbons (Fsp3) is 0.222. The maximum absolute atomic E-state index is 11.3. The third-order valence-electron chi connectivity index (χ3n) is 2.00. The van der Waals surface area contributed by atoms with Crippen LogP contribution in [0.4, 0.5) is 5.82 Å². The number of anilines is 1. The zero-order valence-electron chi connectivity index (χ0n) is 8.80. The Morgan fingerprint density at radius 2 is 2.38 bits per heavy atom. The van der Waals surface area contributed by atoms with Gasteiger partial charge in [0.05, 0.1) is 12.8 Å². The first kappa shape index (κ1) is 10.6. The molecule has 2 aromatic rings. The summed E-state index contributed by atoms with van der Waals surface area (Å²) in [5, 5.41) is 2.57. The van der Waals surface area contributed by atoms with Gasteiger partial charge in [-0.2, -0.15) is 0 Å². The number of nitrogens with zero attached hydrogens (tertiary/aromatic N) is 3. The van der Waals surface area contributed by atoms with Gasteiger partial charge in [-0.1, -0.05) is 0 Å². The van der Waals surface area contributed by atoms with Crippen molar-refractivity contribution in [3.63, 3.8) is 0 Å². The number of ether oxygens (including phenoxy) is 1. The molecular weight excluding hydrogens is 228 g/mol. The Balaban J connectivity index is 2.44. The largest absolute Gasteiger partial charge is 0.464 e. The van der Waals surface area contributed by atoms with E-state index in [1.807, 2.05) is 12.3 Å². The Morgan fingerprint density at radius 1 is 1.62 bits per heavy atom. The SMILES string of the molecule is COC(=O)c1ncn(-c2nc(C)cs2)c1N. The van der Waals surface area contributed by atoms with Gasteiger partial charge in [-0.05, 0) is 6.92 Å². The molecule has 0 amide bonds. The highest BCUT2D eigenvalue weighted by Gasteiger charge is 2.17. The zero-order valence-corrected chi connectivity index (χ0v) is 9.61. The first-order valence-corrected chi connectivity index (χ1v) is 5.35. The third kappa shape index (κ3) is 1.65. The van der Waals surface area contributed by atoms with E-state index in [-0.39, 0.29) is 11.5 Å². The Morgan fingerprint density at radius 3 is 2.94 bits per heavy atom. The van der Waals surface area contributed by atoms with Gasteiger partial charge in [-0.25, -0.2) is 14.8 Å². The van der Waals surface area contributed by atoms with Crippen molar-refractivity contribution in [1.82, 2.24) is 14.5 Å². The van der Waals surface area contributed by atoms with Gasteiger partial charge in [0, 0.05) is 5.38 Å². The average molecular weight is 238 g/mol. The highest BCUT2D eigenvalue weighted by molar-refractivity contribution is 7.12. The lowest BCUT2D eigenvalue weighted by Crippen LogP contribution is -2.07. The summed E-state index contributed by atoms with van der Waals surface area (Å²) in [4.78, 5) is 19.4. The van der Waals surface area contributed by atoms with Crippen LogP contribution in [0, 0.1) is 6.92 Å². The molecule has 2 N–H and O–H groups in total. The van der Waals surface area contributed by atoms with E-state index < -0.39 is 5.97 Å². The number of nitrogens with two attached hydrogens (primary N) is 1. The number of hydrogen-bond donors (Lipinski definition) is 1. The maximum Gasteiger partial charge on any atom is 0.360 e. The molecule has 0 spiro atoms. The number of thiazole rings is 1. The molecule has 7 heteroatoms. The van der Waals surface area contributed by atoms with E-state index in [0.717, 1.165) is 5.69 Å². The minimum absolute atomic E-state index is 0.107. The zero-order chi connectivity index (χ0) is 11.7. The number of hydrogen-bond acceptors (Lipinski definition) is 6. The summed E-state index contributed by atoms with van der Waals surface area (Å²) >= 11 is 1.43. The number of carbonyl (C=O) groups is 1. The lowest BCUT2D eigenvalue weighted by molar-refractivity contribution is 0.0596. The van der Waals surface area contributed by atoms with Crippen LogP contribution in [-0.2, 0) is 4.74 Å². The molecule has 84 valence electrons. The van der Waals surface area contributed by atoms with Crippen molar-refractivity contribution in [2.24, 2.45) is 0 Å². The molecule has 2 aromatic heterocycles. The summed E-state index contributed by atoms with van der Waals surface area (Å²) < 4.78 is 6.12. The van der Waals surface area contributed by atoms with Crippen LogP contribution >= 0.6 is 11.3 Å². The minimum Gasteiger partial charge on any atom is -0.464 e. The minimum atomic E-state index is -0.551. The smallest absolute Gasteiger partial charge is 0.360 e. The van der Waals surface area contributed by atoms with Gasteiger partial charge >= 0.3 is 5.97 Å². The molecule has 6 nitrogen and oxygen atoms in total. The van der Waals surface area contributed by atoms with Gasteiger partial charge in [0.15, 0.2) is 10.8 Å². The highest BCUT2D eigenvalue weighted by atomic mass is 32.1. The van der Waals surface area contributed by atoms with Crippen molar-refractivity contribution >= 4 is 23.1 Å². The first-order valence-electron chi connectivity index (χ1n) is 4.47. The van der Waals surface area contributed by atoms with Crippen LogP contribution in [-0.4, -0.2) is 27.6 Å². The number of imidazole rings is 1. The van der Waals surface area contributed by atoms with Crippen LogP contribution in [0.15, 0.2) is 11.7 Å². The predicted molar refractivity (Wildman–Crippen MR) is 59.7 cm³/mol. The molecule has 0 saturated carbocycles. The lowest BCUT2D eigenvalue weighted by atomic mass is 10.4. The van der Waals surface area contributed by atoms with E-state index >= 15 is 0 Å². The Kier molecular flexibility index (Phi) is 2.61. The monoisotopic (exact) mass is 238 g/mol. The summed E-state index contributed by atoms with van der Waals surface area (Å²) in [6, 6.07) is 0. The summed E-state index contributed by atoms with van der Waals surface area (Å²) in [7, 11) is 1.29. The summed E-state index contributed by atoms with van der Waals surface area (Å²) in [6.45, 7) is 1.88. The Hall–Kier alpha value is -1.89. The number of aromatic nitrogens is 3. The molecule has 0 aromatic carbocycles. The van der Waals surface area contributed by atoms with Crippen LogP contribution in [0.1, 0.15) is 16.2 Å². The molecule has 16 heavy (non-hydrogen) atoms. The second-order valence-electron chi connectivity index (χ2n) is 3.11. The summed E-state index contributed by atoms with van der Waals surface area (Å²) in [5.41, 5.74) is 6.79. The van der Waals surface area contributed by atoms with Gasteiger partial charge in [-0.15, -0.1) is 11.3 Å². The van der Waals surface area contributed by atoms with Gasteiger partial charge in [0.1, 0.15) is 12.1 Å². The molecule has 0 fully saturated rings. The van der Waals surface area contributed by atoms with Crippen molar-refractivity contribution in [2.75, 3.05) is 12.8 Å². The fourth-order valence-corrected chi connectivity index (χ4v) is 2.00.